The fourth-order valence-electron chi connectivity index (χ4n) is 4.48. The molecule has 148 valence electrons. The number of nitrogens with one attached hydrogen (secondary N) is 3. The molecule has 0 bridgehead atoms. The van der Waals surface area contributed by atoms with Crippen LogP contribution in [0.25, 0.3) is 0 Å². The van der Waals surface area contributed by atoms with Crippen LogP contribution in [-0.2, 0) is 17.4 Å². The number of allylic oxidation sites excluding steroid dienone is 2. The summed E-state index contributed by atoms with van der Waals surface area (Å²) < 4.78 is 38.2. The van der Waals surface area contributed by atoms with Gasteiger partial charge < -0.3 is 9.80 Å². The molecule has 4 aliphatic rings. The Morgan fingerprint density at radius 1 is 1.11 bits per heavy atom. The molecule has 1 aliphatic carbocycles. The zero-order valence-electron chi connectivity index (χ0n) is 15.1. The van der Waals surface area contributed by atoms with Crippen molar-refractivity contribution in [1.82, 2.24) is 25.8 Å². The highest BCUT2D eigenvalue weighted by atomic mass is 19.4. The number of amides is 1. The fourth-order valence-corrected chi connectivity index (χ4v) is 4.48. The van der Waals surface area contributed by atoms with Gasteiger partial charge in [0.1, 0.15) is 12.2 Å². The minimum absolute atomic E-state index is 0.00859. The largest absolute Gasteiger partial charge is 0.416 e. The van der Waals surface area contributed by atoms with E-state index in [0.717, 1.165) is 23.4 Å². The van der Waals surface area contributed by atoms with Crippen molar-refractivity contribution in [2.75, 3.05) is 7.05 Å². The minimum Gasteiger partial charge on any atom is -0.323 e. The van der Waals surface area contributed by atoms with E-state index in [-0.39, 0.29) is 30.6 Å². The van der Waals surface area contributed by atoms with Crippen LogP contribution in [0.2, 0.25) is 0 Å². The molecule has 3 N–H and O–H groups in total. The zero-order valence-corrected chi connectivity index (χ0v) is 15.1. The maximum atomic E-state index is 12.8. The smallest absolute Gasteiger partial charge is 0.323 e. The molecule has 3 fully saturated rings. The third kappa shape index (κ3) is 2.65. The van der Waals surface area contributed by atoms with E-state index in [1.165, 1.54) is 12.1 Å². The highest BCUT2D eigenvalue weighted by Crippen LogP contribution is 2.35. The van der Waals surface area contributed by atoms with E-state index < -0.39 is 17.8 Å². The first-order valence-electron chi connectivity index (χ1n) is 9.20. The number of alkyl halides is 3. The van der Waals surface area contributed by atoms with Crippen LogP contribution in [0, 0.1) is 0 Å². The number of nitrogens with zero attached hydrogens (tertiary/aromatic N) is 2. The van der Waals surface area contributed by atoms with E-state index in [1.807, 2.05) is 12.2 Å². The van der Waals surface area contributed by atoms with Gasteiger partial charge in [0.2, 0.25) is 5.91 Å². The lowest BCUT2D eigenvalue weighted by Crippen LogP contribution is -2.68. The average Bonchev–Trinajstić information content (AvgIpc) is 3.33. The molecule has 1 aromatic carbocycles. The summed E-state index contributed by atoms with van der Waals surface area (Å²) in [5.74, 6) is -0.00859. The Hall–Kier alpha value is -2.36. The zero-order chi connectivity index (χ0) is 19.6. The highest BCUT2D eigenvalue weighted by Gasteiger charge is 2.54. The van der Waals surface area contributed by atoms with Gasteiger partial charge in [-0.05, 0) is 23.8 Å². The third-order valence-electron chi connectivity index (χ3n) is 5.85. The first-order chi connectivity index (χ1) is 13.3. The number of rotatable bonds is 2. The summed E-state index contributed by atoms with van der Waals surface area (Å²) in [4.78, 5) is 16.7. The molecule has 0 saturated carbocycles. The van der Waals surface area contributed by atoms with Gasteiger partial charge in [-0.25, -0.2) is 0 Å². The number of hydrogen-bond acceptors (Lipinski definition) is 5. The van der Waals surface area contributed by atoms with Crippen molar-refractivity contribution in [3.8, 4) is 0 Å². The summed E-state index contributed by atoms with van der Waals surface area (Å²) in [6.45, 7) is 0. The average molecular weight is 391 g/mol. The quantitative estimate of drug-likeness (QED) is 0.701. The first-order valence-corrected chi connectivity index (χ1v) is 9.20. The van der Waals surface area contributed by atoms with Gasteiger partial charge in [0.15, 0.2) is 6.29 Å². The van der Waals surface area contributed by atoms with Crippen LogP contribution in [0.4, 0.5) is 13.2 Å². The lowest BCUT2D eigenvalue weighted by molar-refractivity contribution is -0.146. The van der Waals surface area contributed by atoms with E-state index in [9.17, 15) is 18.0 Å². The lowest BCUT2D eigenvalue weighted by Gasteiger charge is -2.44. The fraction of sp³-hybridized carbons (Fsp3) is 0.421. The summed E-state index contributed by atoms with van der Waals surface area (Å²) >= 11 is 0. The molecule has 5 rings (SSSR count). The number of carbonyl (C=O) groups excluding carboxylic acids is 1. The van der Waals surface area contributed by atoms with Crippen LogP contribution in [0.3, 0.4) is 0 Å². The first kappa shape index (κ1) is 17.7. The molecule has 3 saturated heterocycles. The molecule has 1 aromatic rings. The number of fused-ring (bicyclic) bond motifs is 5. The van der Waals surface area contributed by atoms with E-state index in [1.54, 1.807) is 11.9 Å². The molecule has 1 amide bonds. The van der Waals surface area contributed by atoms with Gasteiger partial charge in [0.05, 0.1) is 17.8 Å². The maximum Gasteiger partial charge on any atom is 0.416 e. The Labute approximate surface area is 160 Å². The van der Waals surface area contributed by atoms with Crippen LogP contribution in [-0.4, -0.2) is 53.5 Å². The molecule has 3 aliphatic heterocycles. The Balaban J connectivity index is 1.34. The number of hydrogen-bond donors (Lipinski definition) is 3. The maximum absolute atomic E-state index is 12.8. The SMILES string of the molecule is CN1C(=O)C2NC(Cc3ccc(C(F)(F)F)cc3)NC2N2C3=CC=CC3NC12. The monoisotopic (exact) mass is 391 g/mol. The molecule has 9 heteroatoms. The molecule has 0 spiro atoms. The third-order valence-corrected chi connectivity index (χ3v) is 5.85. The van der Waals surface area contributed by atoms with Crippen LogP contribution in [0.5, 0.6) is 0 Å². The van der Waals surface area contributed by atoms with E-state index in [4.69, 9.17) is 0 Å². The summed E-state index contributed by atoms with van der Waals surface area (Å²) in [5, 5.41) is 10.2. The van der Waals surface area contributed by atoms with Crippen LogP contribution >= 0.6 is 0 Å². The van der Waals surface area contributed by atoms with Gasteiger partial charge in [0, 0.05) is 19.2 Å². The molecule has 5 unspecified atom stereocenters. The topological polar surface area (TPSA) is 59.6 Å². The Bertz CT molecular complexity index is 865. The normalized spacial score (nSPS) is 33.8. The van der Waals surface area contributed by atoms with Gasteiger partial charge in [-0.3, -0.25) is 20.7 Å². The molecule has 5 atom stereocenters. The standard InChI is InChI=1S/C19H20F3N5O/c1-26-17(28)15-16(27-13-4-2-3-12(13)23-18(26)27)25-14(24-15)9-10-5-7-11(8-6-10)19(20,21)22/h2-8,12,14-16,18,23-25H,9H2,1H3. The summed E-state index contributed by atoms with van der Waals surface area (Å²) in [6.07, 6.45) is 1.60. The predicted octanol–water partition coefficient (Wildman–Crippen LogP) is 0.945. The van der Waals surface area contributed by atoms with Crippen molar-refractivity contribution in [1.29, 1.82) is 0 Å². The summed E-state index contributed by atoms with van der Waals surface area (Å²) in [5.41, 5.74) is 1.23. The van der Waals surface area contributed by atoms with Crippen molar-refractivity contribution < 1.29 is 18.0 Å². The van der Waals surface area contributed by atoms with Crippen molar-refractivity contribution >= 4 is 5.91 Å². The second-order valence-corrected chi connectivity index (χ2v) is 7.56. The number of likely N-dealkylation sites (N-methyl/N-ethyl adjacent to an activating group) is 1. The van der Waals surface area contributed by atoms with Crippen molar-refractivity contribution in [2.45, 2.75) is 43.3 Å². The molecule has 28 heavy (non-hydrogen) atoms. The molecular weight excluding hydrogens is 371 g/mol. The van der Waals surface area contributed by atoms with Crippen LogP contribution in [0.15, 0.2) is 48.2 Å². The number of carbonyl (C=O) groups is 1. The summed E-state index contributed by atoms with van der Waals surface area (Å²) in [7, 11) is 1.78. The lowest BCUT2D eigenvalue weighted by atomic mass is 10.1. The Morgan fingerprint density at radius 3 is 2.57 bits per heavy atom. The molecule has 0 radical (unpaired) electrons. The van der Waals surface area contributed by atoms with E-state index in [2.05, 4.69) is 26.9 Å². The van der Waals surface area contributed by atoms with E-state index >= 15 is 0 Å². The molecule has 3 heterocycles. The molecule has 0 aromatic heterocycles. The second-order valence-electron chi connectivity index (χ2n) is 7.56. The Morgan fingerprint density at radius 2 is 1.86 bits per heavy atom. The van der Waals surface area contributed by atoms with Gasteiger partial charge in [0.25, 0.3) is 0 Å². The number of halogens is 3. The van der Waals surface area contributed by atoms with Gasteiger partial charge >= 0.3 is 6.18 Å². The minimum atomic E-state index is -4.34. The molecule has 6 nitrogen and oxygen atoms in total. The van der Waals surface area contributed by atoms with Gasteiger partial charge in [-0.1, -0.05) is 24.3 Å². The summed E-state index contributed by atoms with van der Waals surface area (Å²) in [6, 6.07) is 4.84. The van der Waals surface area contributed by atoms with Crippen LogP contribution < -0.4 is 16.0 Å². The predicted molar refractivity (Wildman–Crippen MR) is 95.3 cm³/mol. The van der Waals surface area contributed by atoms with Gasteiger partial charge in [-0.15, -0.1) is 0 Å². The number of benzene rings is 1. The van der Waals surface area contributed by atoms with Crippen molar-refractivity contribution in [3.05, 3.63) is 59.3 Å². The highest BCUT2D eigenvalue weighted by molar-refractivity contribution is 5.84. The van der Waals surface area contributed by atoms with Crippen molar-refractivity contribution in [2.24, 2.45) is 0 Å². The van der Waals surface area contributed by atoms with Gasteiger partial charge in [-0.2, -0.15) is 13.2 Å². The Kier molecular flexibility index (Phi) is 3.84. The molecular formula is C19H20F3N5O. The van der Waals surface area contributed by atoms with Crippen LogP contribution in [0.1, 0.15) is 11.1 Å². The second kappa shape index (κ2) is 6.07. The van der Waals surface area contributed by atoms with E-state index in [0.29, 0.717) is 6.42 Å². The van der Waals surface area contributed by atoms with Crippen molar-refractivity contribution in [3.63, 3.8) is 0 Å².